The predicted molar refractivity (Wildman–Crippen MR) is 84.6 cm³/mol. The average molecular weight is 282 g/mol. The van der Waals surface area contributed by atoms with Crippen LogP contribution in [0.3, 0.4) is 0 Å². The lowest BCUT2D eigenvalue weighted by Gasteiger charge is -2.49. The van der Waals surface area contributed by atoms with Crippen molar-refractivity contribution >= 4 is 0 Å². The number of hydrogen-bond acceptors (Lipinski definition) is 3. The molecule has 3 nitrogen and oxygen atoms in total. The Labute approximate surface area is 124 Å². The Morgan fingerprint density at radius 1 is 1.15 bits per heavy atom. The molecule has 4 atom stereocenters. The molecule has 0 aromatic heterocycles. The Morgan fingerprint density at radius 2 is 1.90 bits per heavy atom. The van der Waals surface area contributed by atoms with Crippen molar-refractivity contribution in [2.75, 3.05) is 19.7 Å². The van der Waals surface area contributed by atoms with Crippen molar-refractivity contribution in [1.82, 2.24) is 4.90 Å². The third-order valence-corrected chi connectivity index (χ3v) is 5.79. The summed E-state index contributed by atoms with van der Waals surface area (Å²) in [6.07, 6.45) is 7.55. The fourth-order valence-corrected chi connectivity index (χ4v) is 4.33. The number of hydrogen-bond donors (Lipinski definition) is 2. The van der Waals surface area contributed by atoms with Crippen molar-refractivity contribution in [1.29, 1.82) is 0 Å². The van der Waals surface area contributed by atoms with Crippen LogP contribution in [0.25, 0.3) is 0 Å². The van der Waals surface area contributed by atoms with Crippen LogP contribution >= 0.6 is 0 Å². The van der Waals surface area contributed by atoms with E-state index in [0.717, 1.165) is 25.4 Å². The van der Waals surface area contributed by atoms with Crippen molar-refractivity contribution in [3.63, 3.8) is 0 Å². The van der Waals surface area contributed by atoms with Gasteiger partial charge in [-0.15, -0.1) is 0 Å². The van der Waals surface area contributed by atoms with E-state index in [1.54, 1.807) is 0 Å². The third kappa shape index (κ3) is 3.55. The molecule has 2 rings (SSSR count). The average Bonchev–Trinajstić information content (AvgIpc) is 2.45. The van der Waals surface area contributed by atoms with Crippen molar-refractivity contribution in [3.8, 4) is 0 Å². The normalized spacial score (nSPS) is 37.0. The molecule has 0 amide bonds. The first kappa shape index (κ1) is 16.3. The molecule has 1 aliphatic heterocycles. The minimum atomic E-state index is 0.313. The van der Waals surface area contributed by atoms with Crippen LogP contribution in [0.1, 0.15) is 59.3 Å². The zero-order valence-corrected chi connectivity index (χ0v) is 13.6. The molecule has 118 valence electrons. The first-order chi connectivity index (χ1) is 9.47. The van der Waals surface area contributed by atoms with E-state index in [2.05, 4.69) is 25.7 Å². The van der Waals surface area contributed by atoms with Gasteiger partial charge in [-0.3, -0.25) is 4.90 Å². The number of likely N-dealkylation sites (tertiary alicyclic amines) is 1. The number of aliphatic hydroxyl groups is 1. The second-order valence-corrected chi connectivity index (χ2v) is 8.01. The van der Waals surface area contributed by atoms with E-state index in [0.29, 0.717) is 30.0 Å². The molecule has 1 saturated carbocycles. The molecule has 2 aliphatic rings. The molecular formula is C17H34N2O. The maximum atomic E-state index is 9.70. The maximum Gasteiger partial charge on any atom is 0.0586 e. The van der Waals surface area contributed by atoms with Crippen molar-refractivity contribution in [3.05, 3.63) is 0 Å². The third-order valence-electron chi connectivity index (χ3n) is 5.79. The van der Waals surface area contributed by atoms with Gasteiger partial charge < -0.3 is 10.8 Å². The monoisotopic (exact) mass is 282 g/mol. The van der Waals surface area contributed by atoms with E-state index >= 15 is 0 Å². The highest BCUT2D eigenvalue weighted by Gasteiger charge is 2.40. The topological polar surface area (TPSA) is 49.5 Å². The second-order valence-electron chi connectivity index (χ2n) is 8.01. The highest BCUT2D eigenvalue weighted by Crippen LogP contribution is 2.42. The Hall–Kier alpha value is -0.120. The highest BCUT2D eigenvalue weighted by atomic mass is 16.3. The smallest absolute Gasteiger partial charge is 0.0586 e. The SMILES string of the molecule is CC(C)(C)C1CCC(CN)C(N2CCCCC2CO)C1. The van der Waals surface area contributed by atoms with Crippen LogP contribution in [0.2, 0.25) is 0 Å². The quantitative estimate of drug-likeness (QED) is 0.836. The van der Waals surface area contributed by atoms with Gasteiger partial charge in [0.05, 0.1) is 6.61 Å². The Morgan fingerprint density at radius 3 is 2.50 bits per heavy atom. The first-order valence-corrected chi connectivity index (χ1v) is 8.54. The summed E-state index contributed by atoms with van der Waals surface area (Å²) < 4.78 is 0. The number of aliphatic hydroxyl groups excluding tert-OH is 1. The summed E-state index contributed by atoms with van der Waals surface area (Å²) in [5.74, 6) is 1.41. The van der Waals surface area contributed by atoms with Gasteiger partial charge in [-0.25, -0.2) is 0 Å². The van der Waals surface area contributed by atoms with Gasteiger partial charge in [0.15, 0.2) is 0 Å². The number of rotatable bonds is 3. The van der Waals surface area contributed by atoms with E-state index in [1.165, 1.54) is 32.1 Å². The largest absolute Gasteiger partial charge is 0.395 e. The summed E-state index contributed by atoms with van der Waals surface area (Å²) >= 11 is 0. The van der Waals surface area contributed by atoms with E-state index in [9.17, 15) is 5.11 Å². The lowest BCUT2D eigenvalue weighted by molar-refractivity contribution is -0.0122. The molecule has 0 spiro atoms. The minimum Gasteiger partial charge on any atom is -0.395 e. The van der Waals surface area contributed by atoms with E-state index in [-0.39, 0.29) is 0 Å². The van der Waals surface area contributed by atoms with Crippen molar-refractivity contribution in [2.45, 2.75) is 71.4 Å². The van der Waals surface area contributed by atoms with Gasteiger partial charge in [-0.2, -0.15) is 0 Å². The molecule has 2 fully saturated rings. The summed E-state index contributed by atoms with van der Waals surface area (Å²) in [6, 6.07) is 0.969. The Balaban J connectivity index is 2.11. The van der Waals surface area contributed by atoms with Gasteiger partial charge in [-0.05, 0) is 62.4 Å². The van der Waals surface area contributed by atoms with Crippen LogP contribution in [-0.4, -0.2) is 41.8 Å². The second kappa shape index (κ2) is 6.76. The van der Waals surface area contributed by atoms with E-state index < -0.39 is 0 Å². The molecule has 1 heterocycles. The molecule has 0 aromatic rings. The molecule has 0 bridgehead atoms. The lowest BCUT2D eigenvalue weighted by atomic mass is 9.67. The molecule has 1 aliphatic carbocycles. The van der Waals surface area contributed by atoms with Crippen molar-refractivity contribution in [2.24, 2.45) is 23.0 Å². The van der Waals surface area contributed by atoms with Crippen LogP contribution < -0.4 is 5.73 Å². The number of nitrogens with zero attached hydrogens (tertiary/aromatic N) is 1. The van der Waals surface area contributed by atoms with Gasteiger partial charge in [0.2, 0.25) is 0 Å². The zero-order valence-electron chi connectivity index (χ0n) is 13.6. The van der Waals surface area contributed by atoms with Crippen molar-refractivity contribution < 1.29 is 5.11 Å². The zero-order chi connectivity index (χ0) is 14.8. The Kier molecular flexibility index (Phi) is 5.49. The number of nitrogens with two attached hydrogens (primary N) is 1. The molecule has 0 aromatic carbocycles. The molecule has 1 saturated heterocycles. The summed E-state index contributed by atoms with van der Waals surface area (Å²) in [6.45, 7) is 9.39. The summed E-state index contributed by atoms with van der Waals surface area (Å²) in [7, 11) is 0. The van der Waals surface area contributed by atoms with E-state index in [4.69, 9.17) is 5.73 Å². The molecule has 4 unspecified atom stereocenters. The van der Waals surface area contributed by atoms with Crippen LogP contribution in [0.15, 0.2) is 0 Å². The summed E-state index contributed by atoms with van der Waals surface area (Å²) in [5.41, 5.74) is 6.44. The minimum absolute atomic E-state index is 0.313. The van der Waals surface area contributed by atoms with Gasteiger partial charge in [0, 0.05) is 12.1 Å². The fourth-order valence-electron chi connectivity index (χ4n) is 4.33. The van der Waals surface area contributed by atoms with Crippen LogP contribution in [-0.2, 0) is 0 Å². The fraction of sp³-hybridized carbons (Fsp3) is 1.00. The van der Waals surface area contributed by atoms with E-state index in [1.807, 2.05) is 0 Å². The molecule has 3 heteroatoms. The Bertz CT molecular complexity index is 300. The van der Waals surface area contributed by atoms with Gasteiger partial charge >= 0.3 is 0 Å². The summed E-state index contributed by atoms with van der Waals surface area (Å²) in [5, 5.41) is 9.70. The van der Waals surface area contributed by atoms with Crippen LogP contribution in [0.5, 0.6) is 0 Å². The van der Waals surface area contributed by atoms with Gasteiger partial charge in [0.1, 0.15) is 0 Å². The van der Waals surface area contributed by atoms with Crippen LogP contribution in [0.4, 0.5) is 0 Å². The number of piperidine rings is 1. The summed E-state index contributed by atoms with van der Waals surface area (Å²) in [4.78, 5) is 2.61. The van der Waals surface area contributed by atoms with Gasteiger partial charge in [0.25, 0.3) is 0 Å². The molecular weight excluding hydrogens is 248 g/mol. The molecule has 3 N–H and O–H groups in total. The maximum absolute atomic E-state index is 9.70. The van der Waals surface area contributed by atoms with Crippen LogP contribution in [0, 0.1) is 17.3 Å². The molecule has 20 heavy (non-hydrogen) atoms. The first-order valence-electron chi connectivity index (χ1n) is 8.54. The highest BCUT2D eigenvalue weighted by molar-refractivity contribution is 4.94. The lowest BCUT2D eigenvalue weighted by Crippen LogP contribution is -2.55. The van der Waals surface area contributed by atoms with Gasteiger partial charge in [-0.1, -0.05) is 27.2 Å². The molecule has 0 radical (unpaired) electrons. The standard InChI is InChI=1S/C17H34N2O/c1-17(2,3)14-8-7-13(11-18)16(10-14)19-9-5-4-6-15(19)12-20/h13-16,20H,4-12,18H2,1-3H3. The predicted octanol–water partition coefficient (Wildman–Crippen LogP) is 2.62.